The van der Waals surface area contributed by atoms with Crippen LogP contribution in [0.15, 0.2) is 58.1 Å². The number of aryl methyl sites for hydroxylation is 1. The molecule has 1 unspecified atom stereocenters. The van der Waals surface area contributed by atoms with Crippen molar-refractivity contribution in [3.8, 4) is 5.75 Å². The molecular formula is C17H17BrN2O2. The number of nitrogens with one attached hydrogen (secondary N) is 1. The molecule has 5 heteroatoms. The summed E-state index contributed by atoms with van der Waals surface area (Å²) in [6.07, 6.45) is 0.958. The highest BCUT2D eigenvalue weighted by molar-refractivity contribution is 9.10. The van der Waals surface area contributed by atoms with Crippen molar-refractivity contribution in [3.63, 3.8) is 0 Å². The van der Waals surface area contributed by atoms with Crippen LogP contribution in [0.4, 0.5) is 0 Å². The maximum atomic E-state index is 11.9. The summed E-state index contributed by atoms with van der Waals surface area (Å²) in [5.41, 5.74) is 4.50. The molecule has 1 N–H and O–H groups in total. The average Bonchev–Trinajstić information content (AvgIpc) is 2.51. The van der Waals surface area contributed by atoms with Gasteiger partial charge in [0.05, 0.1) is 6.21 Å². The van der Waals surface area contributed by atoms with E-state index in [-0.39, 0.29) is 5.91 Å². The van der Waals surface area contributed by atoms with Crippen molar-refractivity contribution in [1.82, 2.24) is 5.43 Å². The van der Waals surface area contributed by atoms with E-state index in [9.17, 15) is 4.79 Å². The lowest BCUT2D eigenvalue weighted by Gasteiger charge is -2.12. The molecule has 0 fully saturated rings. The molecule has 1 amide bonds. The van der Waals surface area contributed by atoms with E-state index in [1.807, 2.05) is 55.5 Å². The summed E-state index contributed by atoms with van der Waals surface area (Å²) in [6.45, 7) is 3.68. The van der Waals surface area contributed by atoms with Crippen LogP contribution in [-0.4, -0.2) is 18.2 Å². The first kappa shape index (κ1) is 16.2. The minimum Gasteiger partial charge on any atom is -0.481 e. The van der Waals surface area contributed by atoms with Crippen molar-refractivity contribution in [2.75, 3.05) is 0 Å². The van der Waals surface area contributed by atoms with Crippen LogP contribution in [0.3, 0.4) is 0 Å². The second-order valence-corrected chi connectivity index (χ2v) is 5.68. The molecular weight excluding hydrogens is 344 g/mol. The largest absolute Gasteiger partial charge is 0.481 e. The van der Waals surface area contributed by atoms with Crippen molar-refractivity contribution < 1.29 is 9.53 Å². The van der Waals surface area contributed by atoms with E-state index in [1.54, 1.807) is 13.1 Å². The molecule has 2 rings (SSSR count). The molecule has 0 aliphatic rings. The van der Waals surface area contributed by atoms with Crippen LogP contribution in [-0.2, 0) is 4.79 Å². The fraction of sp³-hybridized carbons (Fsp3) is 0.176. The minimum absolute atomic E-state index is 0.302. The van der Waals surface area contributed by atoms with Crippen LogP contribution >= 0.6 is 15.9 Å². The van der Waals surface area contributed by atoms with Crippen LogP contribution in [0.2, 0.25) is 0 Å². The summed E-state index contributed by atoms with van der Waals surface area (Å²) in [6, 6.07) is 15.2. The Morgan fingerprint density at radius 3 is 2.59 bits per heavy atom. The van der Waals surface area contributed by atoms with Crippen molar-refractivity contribution in [1.29, 1.82) is 0 Å². The van der Waals surface area contributed by atoms with Crippen molar-refractivity contribution in [2.45, 2.75) is 20.0 Å². The predicted molar refractivity (Wildman–Crippen MR) is 91.1 cm³/mol. The maximum Gasteiger partial charge on any atom is 0.280 e. The van der Waals surface area contributed by atoms with Crippen LogP contribution in [0.25, 0.3) is 0 Å². The highest BCUT2D eigenvalue weighted by Crippen LogP contribution is 2.14. The molecule has 2 aromatic rings. The first-order chi connectivity index (χ1) is 10.6. The average molecular weight is 361 g/mol. The fourth-order valence-corrected chi connectivity index (χ4v) is 2.10. The van der Waals surface area contributed by atoms with Gasteiger partial charge >= 0.3 is 0 Å². The lowest BCUT2D eigenvalue weighted by Crippen LogP contribution is -2.33. The Kier molecular flexibility index (Phi) is 5.72. The Labute approximate surface area is 138 Å². The molecule has 4 nitrogen and oxygen atoms in total. The topological polar surface area (TPSA) is 50.7 Å². The van der Waals surface area contributed by atoms with Gasteiger partial charge in [0.25, 0.3) is 5.91 Å². The molecule has 0 aliphatic carbocycles. The summed E-state index contributed by atoms with van der Waals surface area (Å²) in [5.74, 6) is 0.354. The Bertz CT molecular complexity index is 669. The first-order valence-electron chi connectivity index (χ1n) is 6.87. The van der Waals surface area contributed by atoms with Gasteiger partial charge in [0, 0.05) is 10.0 Å². The molecule has 114 valence electrons. The molecule has 22 heavy (non-hydrogen) atoms. The number of rotatable bonds is 5. The molecule has 0 saturated heterocycles. The lowest BCUT2D eigenvalue weighted by atomic mass is 10.2. The van der Waals surface area contributed by atoms with Crippen molar-refractivity contribution in [3.05, 3.63) is 64.1 Å². The second kappa shape index (κ2) is 7.75. The number of carbonyl (C=O) groups excluding carboxylic acids is 1. The summed E-state index contributed by atoms with van der Waals surface area (Å²) < 4.78 is 6.48. The number of halogens is 1. The smallest absolute Gasteiger partial charge is 0.280 e. The summed E-state index contributed by atoms with van der Waals surface area (Å²) >= 11 is 3.41. The van der Waals surface area contributed by atoms with Crippen LogP contribution in [0.1, 0.15) is 18.1 Å². The van der Waals surface area contributed by atoms with E-state index in [4.69, 9.17) is 4.74 Å². The molecule has 0 radical (unpaired) electrons. The monoisotopic (exact) mass is 360 g/mol. The van der Waals surface area contributed by atoms with Gasteiger partial charge in [0.15, 0.2) is 6.10 Å². The molecule has 0 aromatic heterocycles. The molecule has 0 heterocycles. The fourth-order valence-electron chi connectivity index (χ4n) is 1.71. The zero-order valence-electron chi connectivity index (χ0n) is 12.4. The Morgan fingerprint density at radius 2 is 1.91 bits per heavy atom. The van der Waals surface area contributed by atoms with Gasteiger partial charge in [-0.2, -0.15) is 5.10 Å². The van der Waals surface area contributed by atoms with Gasteiger partial charge in [-0.1, -0.05) is 51.8 Å². The van der Waals surface area contributed by atoms with E-state index in [2.05, 4.69) is 26.5 Å². The zero-order valence-corrected chi connectivity index (χ0v) is 14.0. The summed E-state index contributed by atoms with van der Waals surface area (Å²) in [5, 5.41) is 3.94. The quantitative estimate of drug-likeness (QED) is 0.653. The highest BCUT2D eigenvalue weighted by Gasteiger charge is 2.13. The zero-order chi connectivity index (χ0) is 15.9. The molecule has 1 atom stereocenters. The van der Waals surface area contributed by atoms with Gasteiger partial charge in [-0.3, -0.25) is 4.79 Å². The van der Waals surface area contributed by atoms with E-state index >= 15 is 0 Å². The van der Waals surface area contributed by atoms with Crippen LogP contribution in [0.5, 0.6) is 5.75 Å². The van der Waals surface area contributed by atoms with Gasteiger partial charge < -0.3 is 4.74 Å². The molecule has 0 spiro atoms. The molecule has 0 bridgehead atoms. The van der Waals surface area contributed by atoms with Gasteiger partial charge in [0.2, 0.25) is 0 Å². The summed E-state index contributed by atoms with van der Waals surface area (Å²) in [7, 11) is 0. The number of ether oxygens (including phenoxy) is 1. The third-order valence-electron chi connectivity index (χ3n) is 2.99. The SMILES string of the molecule is Cc1ccc(OC(C)C(=O)N/N=C/c2ccccc2Br)cc1. The van der Waals surface area contributed by atoms with E-state index in [0.717, 1.165) is 15.6 Å². The first-order valence-corrected chi connectivity index (χ1v) is 7.66. The van der Waals surface area contributed by atoms with Gasteiger partial charge in [0.1, 0.15) is 5.75 Å². The van der Waals surface area contributed by atoms with Gasteiger partial charge in [-0.15, -0.1) is 0 Å². The summed E-state index contributed by atoms with van der Waals surface area (Å²) in [4.78, 5) is 11.9. The number of hydrazone groups is 1. The van der Waals surface area contributed by atoms with Gasteiger partial charge in [-0.05, 0) is 32.0 Å². The molecule has 2 aromatic carbocycles. The third-order valence-corrected chi connectivity index (χ3v) is 3.71. The van der Waals surface area contributed by atoms with Crippen LogP contribution < -0.4 is 10.2 Å². The Hall–Kier alpha value is -2.14. The van der Waals surface area contributed by atoms with Gasteiger partial charge in [-0.25, -0.2) is 5.43 Å². The maximum absolute atomic E-state index is 11.9. The normalized spacial score (nSPS) is 12.1. The molecule has 0 saturated carbocycles. The Balaban J connectivity index is 1.89. The van der Waals surface area contributed by atoms with E-state index in [1.165, 1.54) is 0 Å². The number of amides is 1. The second-order valence-electron chi connectivity index (χ2n) is 4.83. The number of hydrogen-bond donors (Lipinski definition) is 1. The van der Waals surface area contributed by atoms with Crippen molar-refractivity contribution in [2.24, 2.45) is 5.10 Å². The van der Waals surface area contributed by atoms with Crippen molar-refractivity contribution >= 4 is 28.1 Å². The van der Waals surface area contributed by atoms with Crippen LogP contribution in [0, 0.1) is 6.92 Å². The molecule has 0 aliphatic heterocycles. The minimum atomic E-state index is -0.626. The standard InChI is InChI=1S/C17H17BrN2O2/c1-12-7-9-15(10-8-12)22-13(2)17(21)20-19-11-14-5-3-4-6-16(14)18/h3-11,13H,1-2H3,(H,20,21)/b19-11+. The van der Waals surface area contributed by atoms with E-state index in [0.29, 0.717) is 5.75 Å². The number of hydrogen-bond acceptors (Lipinski definition) is 3. The number of benzene rings is 2. The predicted octanol–water partition coefficient (Wildman–Crippen LogP) is 3.68. The van der Waals surface area contributed by atoms with E-state index < -0.39 is 6.10 Å². The highest BCUT2D eigenvalue weighted by atomic mass is 79.9. The number of carbonyl (C=O) groups is 1. The lowest BCUT2D eigenvalue weighted by molar-refractivity contribution is -0.127. The number of nitrogens with zero attached hydrogens (tertiary/aromatic N) is 1. The Morgan fingerprint density at radius 1 is 1.23 bits per heavy atom. The third kappa shape index (κ3) is 4.70.